The Morgan fingerprint density at radius 2 is 1.90 bits per heavy atom. The predicted octanol–water partition coefficient (Wildman–Crippen LogP) is 4.20. The van der Waals surface area contributed by atoms with Crippen LogP contribution in [0.4, 0.5) is 5.69 Å². The molecule has 0 aliphatic carbocycles. The molecule has 1 aromatic heterocycles. The number of amides is 1. The second-order valence-electron chi connectivity index (χ2n) is 5.99. The zero-order valence-electron chi connectivity index (χ0n) is 15.4. The van der Waals surface area contributed by atoms with Gasteiger partial charge in [-0.15, -0.1) is 0 Å². The normalized spacial score (nSPS) is 10.6. The third-order valence-electron chi connectivity index (χ3n) is 3.83. The van der Waals surface area contributed by atoms with Crippen LogP contribution in [0.1, 0.15) is 5.69 Å². The number of para-hydroxylation sites is 1. The lowest BCUT2D eigenvalue weighted by molar-refractivity contribution is -0.147. The molecule has 0 bridgehead atoms. The van der Waals surface area contributed by atoms with Gasteiger partial charge in [0.15, 0.2) is 6.61 Å². The highest BCUT2D eigenvalue weighted by Crippen LogP contribution is 2.33. The van der Waals surface area contributed by atoms with Gasteiger partial charge in [0.1, 0.15) is 6.54 Å². The summed E-state index contributed by atoms with van der Waals surface area (Å²) in [5, 5.41) is 5.06. The smallest absolute Gasteiger partial charge is 0.326 e. The summed E-state index contributed by atoms with van der Waals surface area (Å²) in [6, 6.07) is 14.7. The molecule has 150 valence electrons. The number of anilines is 1. The van der Waals surface area contributed by atoms with Crippen molar-refractivity contribution in [1.29, 1.82) is 0 Å². The lowest BCUT2D eigenvalue weighted by Gasteiger charge is -2.11. The number of carbonyl (C=O) groups excluding carboxylic acids is 2. The Hall–Kier alpha value is -2.55. The zero-order valence-corrected chi connectivity index (χ0v) is 17.8. The van der Waals surface area contributed by atoms with Crippen LogP contribution in [0, 0.1) is 6.92 Å². The molecular weight excluding hydrogens is 432 g/mol. The number of halogens is 1. The molecule has 3 rings (SSSR count). The Morgan fingerprint density at radius 1 is 1.17 bits per heavy atom. The van der Waals surface area contributed by atoms with Crippen LogP contribution in [0.2, 0.25) is 5.02 Å². The first kappa shape index (κ1) is 21.2. The number of hydrogen-bond donors (Lipinski definition) is 1. The molecule has 29 heavy (non-hydrogen) atoms. The third-order valence-corrected chi connectivity index (χ3v) is 6.05. The lowest BCUT2D eigenvalue weighted by atomic mass is 10.3. The first-order valence-electron chi connectivity index (χ1n) is 8.55. The van der Waals surface area contributed by atoms with Gasteiger partial charge in [-0.25, -0.2) is 0 Å². The Labute approximate surface area is 180 Å². The van der Waals surface area contributed by atoms with Crippen molar-refractivity contribution < 1.29 is 14.3 Å². The Kier molecular flexibility index (Phi) is 7.13. The maximum Gasteiger partial charge on any atom is 0.326 e. The average molecular weight is 449 g/mol. The van der Waals surface area contributed by atoms with Crippen molar-refractivity contribution in [1.82, 2.24) is 4.57 Å². The van der Waals surface area contributed by atoms with Crippen LogP contribution in [-0.2, 0) is 20.9 Å². The molecule has 0 aliphatic rings. The molecule has 0 saturated heterocycles. The maximum absolute atomic E-state index is 12.2. The van der Waals surface area contributed by atoms with E-state index in [1.54, 1.807) is 36.6 Å². The Morgan fingerprint density at radius 3 is 2.59 bits per heavy atom. The standard InChI is InChI=1S/C20H17ClN2O4S2/c1-13-12-28-20(26)23(13)10-19(25)27-11-18(24)22-16-4-2-3-5-17(16)29-15-8-6-14(21)7-9-15/h2-9,12H,10-11H2,1H3,(H,22,24). The van der Waals surface area contributed by atoms with Gasteiger partial charge in [0, 0.05) is 25.9 Å². The first-order chi connectivity index (χ1) is 13.9. The van der Waals surface area contributed by atoms with Gasteiger partial charge in [-0.05, 0) is 43.3 Å². The molecule has 3 aromatic rings. The van der Waals surface area contributed by atoms with Crippen molar-refractivity contribution in [2.45, 2.75) is 23.3 Å². The number of aryl methyl sites for hydroxylation is 1. The van der Waals surface area contributed by atoms with E-state index in [9.17, 15) is 14.4 Å². The van der Waals surface area contributed by atoms with Gasteiger partial charge in [-0.1, -0.05) is 46.8 Å². The number of aromatic nitrogens is 1. The minimum absolute atomic E-state index is 0.218. The van der Waals surface area contributed by atoms with Gasteiger partial charge in [0.05, 0.1) is 5.69 Å². The lowest BCUT2D eigenvalue weighted by Crippen LogP contribution is -2.26. The summed E-state index contributed by atoms with van der Waals surface area (Å²) in [4.78, 5) is 37.4. The summed E-state index contributed by atoms with van der Waals surface area (Å²) in [6.07, 6.45) is 0. The molecule has 1 amide bonds. The molecule has 1 heterocycles. The molecule has 0 saturated carbocycles. The van der Waals surface area contributed by atoms with Crippen LogP contribution >= 0.6 is 34.7 Å². The zero-order chi connectivity index (χ0) is 20.8. The molecule has 0 spiro atoms. The summed E-state index contributed by atoms with van der Waals surface area (Å²) in [5.74, 6) is -1.11. The number of rotatable bonds is 7. The number of thiazole rings is 1. The van der Waals surface area contributed by atoms with Crippen LogP contribution in [0.3, 0.4) is 0 Å². The summed E-state index contributed by atoms with van der Waals surface area (Å²) < 4.78 is 6.31. The number of ether oxygens (including phenoxy) is 1. The summed E-state index contributed by atoms with van der Waals surface area (Å²) in [7, 11) is 0. The topological polar surface area (TPSA) is 77.4 Å². The summed E-state index contributed by atoms with van der Waals surface area (Å²) >= 11 is 8.40. The minimum atomic E-state index is -0.646. The second-order valence-corrected chi connectivity index (χ2v) is 8.36. The number of esters is 1. The van der Waals surface area contributed by atoms with Crippen LogP contribution in [-0.4, -0.2) is 23.1 Å². The molecule has 6 nitrogen and oxygen atoms in total. The van der Waals surface area contributed by atoms with Crippen molar-refractivity contribution in [3.63, 3.8) is 0 Å². The molecule has 2 aromatic carbocycles. The molecule has 0 atom stereocenters. The van der Waals surface area contributed by atoms with E-state index >= 15 is 0 Å². The van der Waals surface area contributed by atoms with Gasteiger partial charge in [0.2, 0.25) is 0 Å². The summed E-state index contributed by atoms with van der Waals surface area (Å²) in [6.45, 7) is 1.08. The molecule has 0 fully saturated rings. The van der Waals surface area contributed by atoms with Gasteiger partial charge in [-0.3, -0.25) is 19.0 Å². The number of nitrogens with zero attached hydrogens (tertiary/aromatic N) is 1. The predicted molar refractivity (Wildman–Crippen MR) is 115 cm³/mol. The number of carbonyl (C=O) groups is 2. The van der Waals surface area contributed by atoms with Crippen molar-refractivity contribution in [2.24, 2.45) is 0 Å². The highest BCUT2D eigenvalue weighted by molar-refractivity contribution is 7.99. The second kappa shape index (κ2) is 9.78. The quantitative estimate of drug-likeness (QED) is 0.548. The van der Waals surface area contributed by atoms with E-state index in [4.69, 9.17) is 16.3 Å². The fourth-order valence-corrected chi connectivity index (χ4v) is 4.15. The van der Waals surface area contributed by atoms with E-state index in [1.807, 2.05) is 24.3 Å². The van der Waals surface area contributed by atoms with E-state index in [0.717, 1.165) is 21.1 Å². The van der Waals surface area contributed by atoms with E-state index in [0.29, 0.717) is 16.4 Å². The van der Waals surface area contributed by atoms with Gasteiger partial charge < -0.3 is 10.1 Å². The van der Waals surface area contributed by atoms with Crippen LogP contribution < -0.4 is 10.2 Å². The number of hydrogen-bond acceptors (Lipinski definition) is 6. The van der Waals surface area contributed by atoms with Gasteiger partial charge in [-0.2, -0.15) is 0 Å². The van der Waals surface area contributed by atoms with E-state index < -0.39 is 18.5 Å². The monoisotopic (exact) mass is 448 g/mol. The van der Waals surface area contributed by atoms with E-state index in [-0.39, 0.29) is 11.4 Å². The molecular formula is C20H17ClN2O4S2. The number of nitrogens with one attached hydrogen (secondary N) is 1. The molecule has 1 N–H and O–H groups in total. The van der Waals surface area contributed by atoms with E-state index in [2.05, 4.69) is 5.32 Å². The van der Waals surface area contributed by atoms with Gasteiger partial charge >= 0.3 is 10.8 Å². The minimum Gasteiger partial charge on any atom is -0.454 e. The Bertz CT molecular complexity index is 1080. The van der Waals surface area contributed by atoms with Crippen molar-refractivity contribution >= 4 is 52.3 Å². The highest BCUT2D eigenvalue weighted by Gasteiger charge is 2.13. The van der Waals surface area contributed by atoms with Crippen molar-refractivity contribution in [3.05, 3.63) is 74.3 Å². The maximum atomic E-state index is 12.2. The molecule has 0 unspecified atom stereocenters. The molecule has 0 radical (unpaired) electrons. The summed E-state index contributed by atoms with van der Waals surface area (Å²) in [5.41, 5.74) is 1.29. The first-order valence-corrected chi connectivity index (χ1v) is 10.6. The van der Waals surface area contributed by atoms with E-state index in [1.165, 1.54) is 16.3 Å². The fraction of sp³-hybridized carbons (Fsp3) is 0.150. The van der Waals surface area contributed by atoms with Crippen LogP contribution in [0.15, 0.2) is 68.5 Å². The SMILES string of the molecule is Cc1csc(=O)n1CC(=O)OCC(=O)Nc1ccccc1Sc1ccc(Cl)cc1. The molecule has 0 aliphatic heterocycles. The third kappa shape index (κ3) is 5.96. The highest BCUT2D eigenvalue weighted by atomic mass is 35.5. The van der Waals surface area contributed by atoms with Gasteiger partial charge in [0.25, 0.3) is 5.91 Å². The largest absolute Gasteiger partial charge is 0.454 e. The average Bonchev–Trinajstić information content (AvgIpc) is 3.01. The van der Waals surface area contributed by atoms with Crippen LogP contribution in [0.5, 0.6) is 0 Å². The van der Waals surface area contributed by atoms with Crippen molar-refractivity contribution in [2.75, 3.05) is 11.9 Å². The fourth-order valence-electron chi connectivity index (χ4n) is 2.39. The molecule has 9 heteroatoms. The Balaban J connectivity index is 1.57. The van der Waals surface area contributed by atoms with Crippen molar-refractivity contribution in [3.8, 4) is 0 Å². The van der Waals surface area contributed by atoms with Crippen LogP contribution in [0.25, 0.3) is 0 Å². The number of benzene rings is 2.